The Morgan fingerprint density at radius 2 is 1.71 bits per heavy atom. The first-order valence-electron chi connectivity index (χ1n) is 9.16. The minimum absolute atomic E-state index is 0.0695. The van der Waals surface area contributed by atoms with Crippen molar-refractivity contribution in [3.63, 3.8) is 0 Å². The molecule has 1 aromatic carbocycles. The van der Waals surface area contributed by atoms with Gasteiger partial charge in [-0.25, -0.2) is 0 Å². The molecule has 1 unspecified atom stereocenters. The van der Waals surface area contributed by atoms with Crippen molar-refractivity contribution < 1.29 is 22.8 Å². The standard InChI is InChI=1S/C20H21F3N2O2S/c21-20(22,23)14-10-8-13(9-11-14)18(26)25-17(16-7-4-12-28-16)19(27)24-15-5-2-1-3-6-15/h4,7-12,15,17H,1-3,5-6H2,(H,24,27)(H,25,26). The quantitative estimate of drug-likeness (QED) is 0.752. The number of amides is 2. The van der Waals surface area contributed by atoms with Crippen molar-refractivity contribution in [1.82, 2.24) is 10.6 Å². The monoisotopic (exact) mass is 410 g/mol. The highest BCUT2D eigenvalue weighted by Crippen LogP contribution is 2.29. The van der Waals surface area contributed by atoms with Gasteiger partial charge in [0.25, 0.3) is 5.91 Å². The molecule has 28 heavy (non-hydrogen) atoms. The van der Waals surface area contributed by atoms with Gasteiger partial charge in [0.2, 0.25) is 5.91 Å². The van der Waals surface area contributed by atoms with Crippen LogP contribution in [0, 0.1) is 0 Å². The summed E-state index contributed by atoms with van der Waals surface area (Å²) in [6, 6.07) is 6.69. The molecule has 2 N–H and O–H groups in total. The van der Waals surface area contributed by atoms with Crippen molar-refractivity contribution in [2.45, 2.75) is 50.4 Å². The maximum Gasteiger partial charge on any atom is 0.416 e. The van der Waals surface area contributed by atoms with Gasteiger partial charge in [0, 0.05) is 16.5 Å². The number of carbonyl (C=O) groups is 2. The number of nitrogens with one attached hydrogen (secondary N) is 2. The predicted molar refractivity (Wildman–Crippen MR) is 101 cm³/mol. The molecule has 0 saturated heterocycles. The van der Waals surface area contributed by atoms with Crippen molar-refractivity contribution in [3.05, 3.63) is 57.8 Å². The first-order chi connectivity index (χ1) is 13.3. The molecule has 1 fully saturated rings. The van der Waals surface area contributed by atoms with Gasteiger partial charge >= 0.3 is 6.18 Å². The molecule has 3 rings (SSSR count). The average Bonchev–Trinajstić information content (AvgIpc) is 3.20. The molecule has 8 heteroatoms. The summed E-state index contributed by atoms with van der Waals surface area (Å²) < 4.78 is 38.1. The molecule has 2 aromatic rings. The van der Waals surface area contributed by atoms with Crippen LogP contribution in [0.25, 0.3) is 0 Å². The van der Waals surface area contributed by atoms with Crippen LogP contribution in [0.4, 0.5) is 13.2 Å². The number of hydrogen-bond donors (Lipinski definition) is 2. The lowest BCUT2D eigenvalue weighted by molar-refractivity contribution is -0.137. The summed E-state index contributed by atoms with van der Waals surface area (Å²) in [5.41, 5.74) is -0.756. The highest BCUT2D eigenvalue weighted by molar-refractivity contribution is 7.10. The fourth-order valence-corrected chi connectivity index (χ4v) is 4.05. The molecule has 0 aliphatic heterocycles. The second-order valence-corrected chi connectivity index (χ2v) is 7.82. The van der Waals surface area contributed by atoms with Gasteiger partial charge in [0.15, 0.2) is 0 Å². The van der Waals surface area contributed by atoms with Crippen LogP contribution < -0.4 is 10.6 Å². The van der Waals surface area contributed by atoms with Crippen molar-refractivity contribution in [2.75, 3.05) is 0 Å². The number of rotatable bonds is 5. The summed E-state index contributed by atoms with van der Waals surface area (Å²) in [5.74, 6) is -0.888. The highest BCUT2D eigenvalue weighted by Gasteiger charge is 2.31. The van der Waals surface area contributed by atoms with Gasteiger partial charge in [-0.2, -0.15) is 13.2 Å². The Kier molecular flexibility index (Phi) is 6.39. The van der Waals surface area contributed by atoms with E-state index < -0.39 is 23.7 Å². The van der Waals surface area contributed by atoms with E-state index in [4.69, 9.17) is 0 Å². The highest BCUT2D eigenvalue weighted by atomic mass is 32.1. The Labute approximate surface area is 165 Å². The zero-order chi connectivity index (χ0) is 20.1. The van der Waals surface area contributed by atoms with E-state index >= 15 is 0 Å². The molecule has 2 amide bonds. The zero-order valence-electron chi connectivity index (χ0n) is 15.1. The Hall–Kier alpha value is -2.35. The van der Waals surface area contributed by atoms with Gasteiger partial charge in [-0.3, -0.25) is 9.59 Å². The van der Waals surface area contributed by atoms with Gasteiger partial charge < -0.3 is 10.6 Å². The van der Waals surface area contributed by atoms with E-state index in [1.54, 1.807) is 17.5 Å². The lowest BCUT2D eigenvalue weighted by Crippen LogP contribution is -2.44. The Balaban J connectivity index is 1.72. The summed E-state index contributed by atoms with van der Waals surface area (Å²) in [5, 5.41) is 7.46. The molecule has 0 bridgehead atoms. The first kappa shape index (κ1) is 20.4. The molecular weight excluding hydrogens is 389 g/mol. The number of alkyl halides is 3. The third-order valence-corrected chi connectivity index (χ3v) is 5.73. The lowest BCUT2D eigenvalue weighted by atomic mass is 9.95. The minimum Gasteiger partial charge on any atom is -0.351 e. The predicted octanol–water partition coefficient (Wildman–Crippen LogP) is 4.69. The first-order valence-corrected chi connectivity index (χ1v) is 10.0. The zero-order valence-corrected chi connectivity index (χ0v) is 15.9. The van der Waals surface area contributed by atoms with E-state index in [1.807, 2.05) is 0 Å². The van der Waals surface area contributed by atoms with Crippen LogP contribution in [0.3, 0.4) is 0 Å². The second kappa shape index (κ2) is 8.77. The maximum atomic E-state index is 12.8. The van der Waals surface area contributed by atoms with Crippen molar-refractivity contribution >= 4 is 23.2 Å². The van der Waals surface area contributed by atoms with E-state index in [0.717, 1.165) is 56.4 Å². The molecule has 1 aliphatic carbocycles. The summed E-state index contributed by atoms with van der Waals surface area (Å²) >= 11 is 1.34. The van der Waals surface area contributed by atoms with E-state index in [1.165, 1.54) is 11.3 Å². The molecular formula is C20H21F3N2O2S. The summed E-state index contributed by atoms with van der Waals surface area (Å²) in [7, 11) is 0. The topological polar surface area (TPSA) is 58.2 Å². The normalized spacial score (nSPS) is 16.4. The Bertz CT molecular complexity index is 798. The van der Waals surface area contributed by atoms with Gasteiger partial charge in [-0.05, 0) is 48.6 Å². The van der Waals surface area contributed by atoms with Crippen LogP contribution in [-0.4, -0.2) is 17.9 Å². The number of benzene rings is 1. The summed E-state index contributed by atoms with van der Waals surface area (Å²) in [6.45, 7) is 0. The molecule has 150 valence electrons. The number of thiophene rings is 1. The third kappa shape index (κ3) is 5.13. The average molecular weight is 410 g/mol. The van der Waals surface area contributed by atoms with Crippen LogP contribution in [0.1, 0.15) is 58.9 Å². The van der Waals surface area contributed by atoms with Gasteiger partial charge in [0.1, 0.15) is 6.04 Å². The molecule has 4 nitrogen and oxygen atoms in total. The van der Waals surface area contributed by atoms with Gasteiger partial charge in [-0.15, -0.1) is 11.3 Å². The summed E-state index contributed by atoms with van der Waals surface area (Å²) in [6.07, 6.45) is 0.643. The van der Waals surface area contributed by atoms with Crippen LogP contribution in [0.15, 0.2) is 41.8 Å². The molecule has 1 atom stereocenters. The maximum absolute atomic E-state index is 12.8. The van der Waals surface area contributed by atoms with Crippen LogP contribution in [0.5, 0.6) is 0 Å². The van der Waals surface area contributed by atoms with Crippen molar-refractivity contribution in [2.24, 2.45) is 0 Å². The van der Waals surface area contributed by atoms with Crippen LogP contribution in [0.2, 0.25) is 0 Å². The Morgan fingerprint density at radius 3 is 2.29 bits per heavy atom. The van der Waals surface area contributed by atoms with E-state index in [2.05, 4.69) is 10.6 Å². The largest absolute Gasteiger partial charge is 0.416 e. The van der Waals surface area contributed by atoms with E-state index in [0.29, 0.717) is 4.88 Å². The minimum atomic E-state index is -4.46. The van der Waals surface area contributed by atoms with Gasteiger partial charge in [0.05, 0.1) is 5.56 Å². The van der Waals surface area contributed by atoms with Crippen molar-refractivity contribution in [1.29, 1.82) is 0 Å². The van der Waals surface area contributed by atoms with E-state index in [-0.39, 0.29) is 17.5 Å². The molecule has 1 aromatic heterocycles. The van der Waals surface area contributed by atoms with Gasteiger partial charge in [-0.1, -0.05) is 25.3 Å². The van der Waals surface area contributed by atoms with E-state index in [9.17, 15) is 22.8 Å². The van der Waals surface area contributed by atoms with Crippen LogP contribution in [-0.2, 0) is 11.0 Å². The number of halogens is 3. The van der Waals surface area contributed by atoms with Crippen molar-refractivity contribution in [3.8, 4) is 0 Å². The Morgan fingerprint density at radius 1 is 1.04 bits per heavy atom. The third-order valence-electron chi connectivity index (χ3n) is 4.79. The lowest BCUT2D eigenvalue weighted by Gasteiger charge is -2.25. The SMILES string of the molecule is O=C(NC(C(=O)NC1CCCCC1)c1cccs1)c1ccc(C(F)(F)F)cc1. The smallest absolute Gasteiger partial charge is 0.351 e. The molecule has 1 aliphatic rings. The summed E-state index contributed by atoms with van der Waals surface area (Å²) in [4.78, 5) is 26.0. The number of hydrogen-bond acceptors (Lipinski definition) is 3. The molecule has 1 heterocycles. The van der Waals surface area contributed by atoms with Crippen LogP contribution >= 0.6 is 11.3 Å². The fourth-order valence-electron chi connectivity index (χ4n) is 3.28. The fraction of sp³-hybridized carbons (Fsp3) is 0.400. The molecule has 0 spiro atoms. The molecule has 1 saturated carbocycles. The second-order valence-electron chi connectivity index (χ2n) is 6.84. The molecule has 0 radical (unpaired) electrons. The number of carbonyl (C=O) groups excluding carboxylic acids is 2.